The molecule has 0 spiro atoms. The second kappa shape index (κ2) is 35.9. The molecule has 12 rings (SSSR count). The van der Waals surface area contributed by atoms with Crippen molar-refractivity contribution in [2.75, 3.05) is 10.6 Å². The largest absolute Gasteiger partial charge is 1.00 e. The quantitative estimate of drug-likeness (QED) is 0.0127. The predicted molar refractivity (Wildman–Crippen MR) is 394 cm³/mol. The van der Waals surface area contributed by atoms with E-state index >= 15 is 0 Å². The fourth-order valence-electron chi connectivity index (χ4n) is 9.94. The maximum Gasteiger partial charge on any atom is 1.00 e. The zero-order valence-electron chi connectivity index (χ0n) is 58.2. The summed E-state index contributed by atoms with van der Waals surface area (Å²) in [6.07, 6.45) is 0. The Kier molecular flexibility index (Phi) is 27.1. The standard InChI is InChI=1S/2C35H26N6O11S3.2Na/c2*1-23-6-17-29(18-7-23)54(47,48)51-28-15-12-26(13-16-28)38-40-52-55(49,50)34-21-20-32(30-4-2-3-5-31(30)34)39-37-25-10-8-24(9-11-25)36-33-19-14-27(41(42)43)22-35(33)53(44,45)46;;/h2*2-22,36H,1H3,(H,44,45,46);;/q;;2*+1/p-2. The van der Waals surface area contributed by atoms with Crippen LogP contribution < -0.4 is 78.1 Å². The number of nitro groups is 2. The third-order valence-electron chi connectivity index (χ3n) is 15.3. The number of hydrogen-bond acceptors (Lipinski definition) is 32. The number of hydrogen-bond donors (Lipinski definition) is 2. The summed E-state index contributed by atoms with van der Waals surface area (Å²) in [6.45, 7) is 3.64. The van der Waals surface area contributed by atoms with Gasteiger partial charge in [-0.1, -0.05) is 83.9 Å². The topological polar surface area (TPSA) is 497 Å². The minimum absolute atomic E-state index is 0. The number of rotatable bonds is 26. The molecule has 0 saturated heterocycles. The van der Waals surface area contributed by atoms with E-state index < -0.39 is 91.7 Å². The van der Waals surface area contributed by atoms with Crippen molar-refractivity contribution in [3.05, 3.63) is 286 Å². The van der Waals surface area contributed by atoms with Crippen LogP contribution in [0.2, 0.25) is 0 Å². The van der Waals surface area contributed by atoms with Crippen LogP contribution in [0.5, 0.6) is 11.5 Å². The second-order valence-corrected chi connectivity index (χ2v) is 31.7. The summed E-state index contributed by atoms with van der Waals surface area (Å²) in [5, 5.41) is 60.1. The van der Waals surface area contributed by atoms with Crippen LogP contribution in [-0.2, 0) is 69.3 Å². The smallest absolute Gasteiger partial charge is 0.744 e. The minimum atomic E-state index is -5.04. The Morgan fingerprint density at radius 3 is 0.964 bits per heavy atom. The number of nitrogens with one attached hydrogen (secondary N) is 2. The van der Waals surface area contributed by atoms with E-state index in [1.165, 1.54) is 146 Å². The van der Waals surface area contributed by atoms with E-state index in [-0.39, 0.29) is 124 Å². The third kappa shape index (κ3) is 21.7. The van der Waals surface area contributed by atoms with Gasteiger partial charge >= 0.3 is 99.6 Å². The van der Waals surface area contributed by atoms with Crippen molar-refractivity contribution in [3.63, 3.8) is 0 Å². The number of nitro benzene ring substituents is 2. The molecule has 34 nitrogen and oxygen atoms in total. The van der Waals surface area contributed by atoms with Crippen LogP contribution in [0.3, 0.4) is 0 Å². The van der Waals surface area contributed by atoms with Gasteiger partial charge in [-0.15, -0.1) is 20.5 Å². The van der Waals surface area contributed by atoms with Crippen LogP contribution in [0, 0.1) is 34.1 Å². The molecule has 0 fully saturated rings. The van der Waals surface area contributed by atoms with Gasteiger partial charge in [0.2, 0.25) is 0 Å². The maximum absolute atomic E-state index is 13.2. The Labute approximate surface area is 682 Å². The summed E-state index contributed by atoms with van der Waals surface area (Å²) >= 11 is 0. The molecule has 0 aliphatic rings. The first kappa shape index (κ1) is 84.8. The van der Waals surface area contributed by atoms with E-state index in [0.717, 1.165) is 35.4 Å². The Balaban J connectivity index is 0.000000253. The summed E-state index contributed by atoms with van der Waals surface area (Å²) < 4.78 is 193. The normalized spacial score (nSPS) is 12.0. The molecule has 0 aromatic heterocycles. The fraction of sp³-hybridized carbons (Fsp3) is 0.0286. The van der Waals surface area contributed by atoms with Crippen LogP contribution >= 0.6 is 0 Å². The van der Waals surface area contributed by atoms with Crippen molar-refractivity contribution in [2.24, 2.45) is 41.2 Å². The summed E-state index contributed by atoms with van der Waals surface area (Å²) in [6, 6.07) is 59.1. The average molecular weight is 1650 g/mol. The van der Waals surface area contributed by atoms with E-state index in [0.29, 0.717) is 57.0 Å². The monoisotopic (exact) mass is 1650 g/mol. The number of azo groups is 2. The van der Waals surface area contributed by atoms with Gasteiger partial charge in [0.15, 0.2) is 0 Å². The number of non-ortho nitro benzene ring substituents is 2. The Bertz CT molecular complexity index is 6040. The molecule has 0 unspecified atom stereocenters. The summed E-state index contributed by atoms with van der Waals surface area (Å²) in [4.78, 5) is 18.4. The molecule has 112 heavy (non-hydrogen) atoms. The second-order valence-electron chi connectivity index (χ2n) is 22.9. The van der Waals surface area contributed by atoms with Crippen LogP contribution in [-0.4, -0.2) is 69.5 Å². The Morgan fingerprint density at radius 1 is 0.330 bits per heavy atom. The van der Waals surface area contributed by atoms with Crippen molar-refractivity contribution in [2.45, 2.75) is 43.2 Å². The van der Waals surface area contributed by atoms with Crippen molar-refractivity contribution >= 4 is 151 Å². The van der Waals surface area contributed by atoms with Gasteiger partial charge in [-0.3, -0.25) is 20.2 Å². The van der Waals surface area contributed by atoms with E-state index in [1.807, 2.05) is 13.8 Å². The molecular formula is C70H50N12Na2O22S6. The number of anilines is 4. The van der Waals surface area contributed by atoms with Gasteiger partial charge < -0.3 is 28.1 Å². The van der Waals surface area contributed by atoms with E-state index in [4.69, 9.17) is 16.9 Å². The minimum Gasteiger partial charge on any atom is -0.744 e. The molecule has 2 N–H and O–H groups in total. The van der Waals surface area contributed by atoms with Crippen molar-refractivity contribution < 1.29 is 146 Å². The first-order valence-electron chi connectivity index (χ1n) is 31.2. The van der Waals surface area contributed by atoms with E-state index in [1.54, 1.807) is 72.8 Å². The molecule has 12 aromatic carbocycles. The fourth-order valence-corrected chi connectivity index (χ4v) is 14.9. The summed E-state index contributed by atoms with van der Waals surface area (Å²) in [5.41, 5.74) is 2.61. The van der Waals surface area contributed by atoms with Gasteiger partial charge in [0, 0.05) is 67.7 Å². The molecule has 42 heteroatoms. The zero-order chi connectivity index (χ0) is 78.8. The molecule has 12 aromatic rings. The molecule has 560 valence electrons. The molecule has 0 heterocycles. The Morgan fingerprint density at radius 2 is 0.643 bits per heavy atom. The number of aryl methyl sites for hydroxylation is 2. The van der Waals surface area contributed by atoms with Gasteiger partial charge in [0.1, 0.15) is 51.3 Å². The third-order valence-corrected chi connectivity index (χ3v) is 21.9. The van der Waals surface area contributed by atoms with Gasteiger partial charge in [0.05, 0.1) is 65.1 Å². The Hall–Kier alpha value is -11.2. The molecule has 0 amide bonds. The summed E-state index contributed by atoms with van der Waals surface area (Å²) in [7, 11) is -27.2. The summed E-state index contributed by atoms with van der Waals surface area (Å²) in [5.74, 6) is 0.000561. The molecule has 0 aliphatic heterocycles. The van der Waals surface area contributed by atoms with Crippen LogP contribution in [0.15, 0.2) is 325 Å². The number of nitrogens with zero attached hydrogens (tertiary/aromatic N) is 10. The molecule has 0 atom stereocenters. The first-order valence-corrected chi connectivity index (χ1v) is 39.6. The van der Waals surface area contributed by atoms with Crippen molar-refractivity contribution in [3.8, 4) is 11.5 Å². The zero-order valence-corrected chi connectivity index (χ0v) is 67.1. The van der Waals surface area contributed by atoms with Crippen LogP contribution in [0.1, 0.15) is 11.1 Å². The van der Waals surface area contributed by atoms with Gasteiger partial charge in [0.25, 0.3) is 11.4 Å². The van der Waals surface area contributed by atoms with E-state index in [9.17, 15) is 79.8 Å². The first-order chi connectivity index (χ1) is 52.2. The van der Waals surface area contributed by atoms with Gasteiger partial charge in [-0.25, -0.2) is 25.4 Å². The number of benzene rings is 12. The van der Waals surface area contributed by atoms with Crippen molar-refractivity contribution in [1.29, 1.82) is 0 Å². The molecule has 0 radical (unpaired) electrons. The maximum atomic E-state index is 13.2. The molecular weight excluding hydrogens is 1600 g/mol. The molecule has 0 saturated carbocycles. The SMILES string of the molecule is Cc1ccc(S(=O)(=O)Oc2ccc(N=NOS(=O)(=O)c3ccc(N=Nc4ccc(Nc5ccc([N+](=O)[O-])cc5S(=O)(=O)[O-])cc4)c4ccccc34)cc2)cc1.Cc1ccc(S(=O)(=O)Oc2ccc(N=NOS(=O)(=O)c3ccc(N=Nc4ccc(Nc5ccc([N+](=O)[O-])cc5S(=O)(=O)[O-])cc4)c4ccccc34)cc2)cc1.[Na+].[Na+]. The number of fused-ring (bicyclic) bond motifs is 2. The van der Waals surface area contributed by atoms with Gasteiger partial charge in [-0.2, -0.15) is 43.9 Å². The predicted octanol–water partition coefficient (Wildman–Crippen LogP) is 10.6. The van der Waals surface area contributed by atoms with Gasteiger partial charge in [-0.05, 0) is 172 Å². The van der Waals surface area contributed by atoms with Crippen LogP contribution in [0.4, 0.5) is 68.2 Å². The average Bonchev–Trinajstić information content (AvgIpc) is 0.743. The van der Waals surface area contributed by atoms with Crippen LogP contribution in [0.25, 0.3) is 21.5 Å². The van der Waals surface area contributed by atoms with Crippen molar-refractivity contribution in [1.82, 2.24) is 0 Å². The van der Waals surface area contributed by atoms with E-state index in [2.05, 4.69) is 51.9 Å². The molecule has 0 aliphatic carbocycles. The molecule has 0 bridgehead atoms.